The first-order valence-electron chi connectivity index (χ1n) is 14.6. The molecule has 0 heterocycles. The van der Waals surface area contributed by atoms with Gasteiger partial charge in [0, 0.05) is 13.5 Å². The van der Waals surface area contributed by atoms with E-state index in [1.54, 1.807) is 0 Å². The number of fused-ring (bicyclic) bond motifs is 1. The third-order valence-electron chi connectivity index (χ3n) is 8.31. The van der Waals surface area contributed by atoms with Crippen LogP contribution >= 0.6 is 0 Å². The van der Waals surface area contributed by atoms with Gasteiger partial charge in [0.15, 0.2) is 6.29 Å². The minimum Gasteiger partial charge on any atom is -0.469 e. The van der Waals surface area contributed by atoms with Crippen LogP contribution in [-0.2, 0) is 44.7 Å². The van der Waals surface area contributed by atoms with Crippen molar-refractivity contribution >= 4 is 23.8 Å². The first kappa shape index (κ1) is 33.5. The fourth-order valence-corrected chi connectivity index (χ4v) is 6.25. The average Bonchev–Trinajstić information content (AvgIpc) is 3.35. The second-order valence-electron chi connectivity index (χ2n) is 12.2. The molecule has 2 aliphatic carbocycles. The van der Waals surface area contributed by atoms with Crippen LogP contribution in [-0.4, -0.2) is 73.2 Å². The molecular formula is C31H46N2O9. The van der Waals surface area contributed by atoms with Crippen LogP contribution in [0.4, 0.5) is 0 Å². The van der Waals surface area contributed by atoms with Crippen molar-refractivity contribution in [1.82, 2.24) is 10.6 Å². The number of esters is 2. The zero-order valence-corrected chi connectivity index (χ0v) is 25.4. The number of carbonyl (C=O) groups is 4. The number of methoxy groups -OCH3 is 2. The van der Waals surface area contributed by atoms with E-state index in [-0.39, 0.29) is 49.8 Å². The molecule has 0 bridgehead atoms. The summed E-state index contributed by atoms with van der Waals surface area (Å²) in [5.41, 5.74) is -0.919. The van der Waals surface area contributed by atoms with Crippen molar-refractivity contribution in [2.24, 2.45) is 17.8 Å². The minimum atomic E-state index is -1.34. The van der Waals surface area contributed by atoms with Crippen molar-refractivity contribution in [2.45, 2.75) is 95.8 Å². The molecule has 2 aliphatic rings. The van der Waals surface area contributed by atoms with Crippen LogP contribution in [0.5, 0.6) is 0 Å². The van der Waals surface area contributed by atoms with Gasteiger partial charge >= 0.3 is 11.9 Å². The molecule has 0 radical (unpaired) electrons. The molecule has 11 nitrogen and oxygen atoms in total. The lowest BCUT2D eigenvalue weighted by molar-refractivity contribution is -0.165. The second kappa shape index (κ2) is 14.9. The lowest BCUT2D eigenvalue weighted by Crippen LogP contribution is -2.64. The average molecular weight is 591 g/mol. The maximum absolute atomic E-state index is 13.8. The molecule has 0 spiro atoms. The van der Waals surface area contributed by atoms with Crippen LogP contribution in [0.1, 0.15) is 71.3 Å². The normalized spacial score (nSPS) is 25.0. The smallest absolute Gasteiger partial charge is 0.308 e. The Morgan fingerprint density at radius 3 is 2.43 bits per heavy atom. The molecular weight excluding hydrogens is 544 g/mol. The number of rotatable bonds is 13. The molecule has 1 aromatic carbocycles. The number of carbonyl (C=O) groups excluding carboxylic acids is 4. The number of aliphatic hydroxyl groups excluding tert-OH is 1. The molecule has 0 saturated heterocycles. The van der Waals surface area contributed by atoms with E-state index in [0.29, 0.717) is 25.7 Å². The van der Waals surface area contributed by atoms with Gasteiger partial charge in [-0.2, -0.15) is 0 Å². The standard InChI is InChI=1S/C31H46N2O9/c1-30(2,3)42-19-25(34)32-24(14-15-26(35)41-18-20-10-7-6-8-11-20)27(36)33-31(29(38)40-5)17-16-21-22(28(37)39-4)12-9-13-23(21)31/h6-8,10-11,21-24,29,38H,9,12-19H2,1-5H3,(H,32,34)(H,33,36)/t21?,22-,23?,24+,29?,31+/m1/s1. The topological polar surface area (TPSA) is 149 Å². The summed E-state index contributed by atoms with van der Waals surface area (Å²) in [6.45, 7) is 5.25. The number of hydrogen-bond donors (Lipinski definition) is 3. The summed E-state index contributed by atoms with van der Waals surface area (Å²) in [6, 6.07) is 8.12. The van der Waals surface area contributed by atoms with E-state index in [9.17, 15) is 24.3 Å². The second-order valence-corrected chi connectivity index (χ2v) is 12.2. The Morgan fingerprint density at radius 2 is 1.79 bits per heavy atom. The summed E-state index contributed by atoms with van der Waals surface area (Å²) < 4.78 is 21.3. The highest BCUT2D eigenvalue weighted by molar-refractivity contribution is 5.89. The Hall–Kier alpha value is -3.02. The van der Waals surface area contributed by atoms with Crippen molar-refractivity contribution in [3.8, 4) is 0 Å². The molecule has 42 heavy (non-hydrogen) atoms. The highest BCUT2D eigenvalue weighted by Gasteiger charge is 2.58. The summed E-state index contributed by atoms with van der Waals surface area (Å²) in [5, 5.41) is 16.8. The largest absolute Gasteiger partial charge is 0.469 e. The highest BCUT2D eigenvalue weighted by atomic mass is 16.6. The van der Waals surface area contributed by atoms with Crippen molar-refractivity contribution < 1.29 is 43.2 Å². The van der Waals surface area contributed by atoms with E-state index in [1.165, 1.54) is 14.2 Å². The van der Waals surface area contributed by atoms with Crippen molar-refractivity contribution in [1.29, 1.82) is 0 Å². The summed E-state index contributed by atoms with van der Waals surface area (Å²) in [5.74, 6) is -2.57. The fraction of sp³-hybridized carbons (Fsp3) is 0.677. The van der Waals surface area contributed by atoms with Gasteiger partial charge in [0.2, 0.25) is 11.8 Å². The Morgan fingerprint density at radius 1 is 1.07 bits per heavy atom. The minimum absolute atomic E-state index is 0.0290. The summed E-state index contributed by atoms with van der Waals surface area (Å²) in [7, 11) is 2.72. The summed E-state index contributed by atoms with van der Waals surface area (Å²) >= 11 is 0. The third-order valence-corrected chi connectivity index (χ3v) is 8.31. The monoisotopic (exact) mass is 590 g/mol. The van der Waals surface area contributed by atoms with Crippen LogP contribution in [0.3, 0.4) is 0 Å². The summed E-state index contributed by atoms with van der Waals surface area (Å²) in [6.07, 6.45) is 1.56. The molecule has 0 aliphatic heterocycles. The van der Waals surface area contributed by atoms with Gasteiger partial charge in [-0.3, -0.25) is 19.2 Å². The number of amides is 2. The fourth-order valence-electron chi connectivity index (χ4n) is 6.25. The van der Waals surface area contributed by atoms with Gasteiger partial charge in [0.25, 0.3) is 0 Å². The molecule has 234 valence electrons. The van der Waals surface area contributed by atoms with E-state index < -0.39 is 41.3 Å². The lowest BCUT2D eigenvalue weighted by Gasteiger charge is -2.44. The Labute approximate surface area is 248 Å². The summed E-state index contributed by atoms with van der Waals surface area (Å²) in [4.78, 5) is 51.7. The van der Waals surface area contributed by atoms with Gasteiger partial charge < -0.3 is 34.7 Å². The predicted octanol–water partition coefficient (Wildman–Crippen LogP) is 2.63. The van der Waals surface area contributed by atoms with Crippen LogP contribution in [0.15, 0.2) is 30.3 Å². The molecule has 0 aromatic heterocycles. The molecule has 3 rings (SSSR count). The molecule has 11 heteroatoms. The van der Waals surface area contributed by atoms with Gasteiger partial charge in [0.1, 0.15) is 19.3 Å². The van der Waals surface area contributed by atoms with Crippen LogP contribution in [0.2, 0.25) is 0 Å². The highest BCUT2D eigenvalue weighted by Crippen LogP contribution is 2.52. The Kier molecular flexibility index (Phi) is 11.9. The van der Waals surface area contributed by atoms with Gasteiger partial charge in [-0.1, -0.05) is 36.8 Å². The molecule has 1 aromatic rings. The molecule has 3 unspecified atom stereocenters. The Bertz CT molecular complexity index is 1070. The number of nitrogens with one attached hydrogen (secondary N) is 2. The molecule has 6 atom stereocenters. The van der Waals surface area contributed by atoms with Crippen molar-refractivity contribution in [2.75, 3.05) is 20.8 Å². The predicted molar refractivity (Wildman–Crippen MR) is 153 cm³/mol. The zero-order valence-electron chi connectivity index (χ0n) is 25.4. The van der Waals surface area contributed by atoms with E-state index in [2.05, 4.69) is 10.6 Å². The van der Waals surface area contributed by atoms with Crippen LogP contribution in [0, 0.1) is 17.8 Å². The lowest BCUT2D eigenvalue weighted by atomic mass is 9.68. The van der Waals surface area contributed by atoms with Crippen molar-refractivity contribution in [3.63, 3.8) is 0 Å². The van der Waals surface area contributed by atoms with E-state index in [0.717, 1.165) is 12.0 Å². The van der Waals surface area contributed by atoms with E-state index in [4.69, 9.17) is 18.9 Å². The number of aliphatic hydroxyl groups is 1. The van der Waals surface area contributed by atoms with Gasteiger partial charge in [-0.05, 0) is 70.3 Å². The maximum Gasteiger partial charge on any atom is 0.308 e. The van der Waals surface area contributed by atoms with Gasteiger partial charge in [0.05, 0.1) is 24.2 Å². The molecule has 2 saturated carbocycles. The zero-order chi connectivity index (χ0) is 30.9. The quantitative estimate of drug-likeness (QED) is 0.233. The van der Waals surface area contributed by atoms with E-state index in [1.807, 2.05) is 51.1 Å². The van der Waals surface area contributed by atoms with E-state index >= 15 is 0 Å². The van der Waals surface area contributed by atoms with Crippen molar-refractivity contribution in [3.05, 3.63) is 35.9 Å². The van der Waals surface area contributed by atoms with Crippen LogP contribution < -0.4 is 10.6 Å². The third kappa shape index (κ3) is 8.75. The molecule has 2 amide bonds. The molecule has 3 N–H and O–H groups in total. The number of hydrogen-bond acceptors (Lipinski definition) is 9. The molecule has 2 fully saturated rings. The number of ether oxygens (including phenoxy) is 4. The van der Waals surface area contributed by atoms with Gasteiger partial charge in [-0.15, -0.1) is 0 Å². The maximum atomic E-state index is 13.8. The SMILES string of the molecule is COC(=O)[C@@H]1CCCC2C1CC[C@@]2(NC(=O)[C@H](CCC(=O)OCc1ccccc1)NC(=O)COC(C)(C)C)C(O)OC. The first-order chi connectivity index (χ1) is 19.9. The van der Waals surface area contributed by atoms with Gasteiger partial charge in [-0.25, -0.2) is 0 Å². The number of benzene rings is 1. The van der Waals surface area contributed by atoms with Crippen LogP contribution in [0.25, 0.3) is 0 Å². The Balaban J connectivity index is 1.76. The first-order valence-corrected chi connectivity index (χ1v) is 14.6.